The highest BCUT2D eigenvalue weighted by Crippen LogP contribution is 2.23. The fraction of sp³-hybridized carbons (Fsp3) is 0.333. The van der Waals surface area contributed by atoms with Crippen molar-refractivity contribution in [3.8, 4) is 6.07 Å². The molecule has 0 radical (unpaired) electrons. The average molecular weight is 240 g/mol. The molecule has 3 heteroatoms. The molecule has 0 amide bonds. The van der Waals surface area contributed by atoms with Crippen LogP contribution >= 0.6 is 0 Å². The van der Waals surface area contributed by atoms with E-state index in [1.807, 2.05) is 24.3 Å². The van der Waals surface area contributed by atoms with Crippen LogP contribution in [0.5, 0.6) is 0 Å². The van der Waals surface area contributed by atoms with E-state index in [-0.39, 0.29) is 5.56 Å². The molecule has 2 aromatic rings. The van der Waals surface area contributed by atoms with E-state index in [9.17, 15) is 4.79 Å². The first-order chi connectivity index (χ1) is 8.63. The van der Waals surface area contributed by atoms with Crippen molar-refractivity contribution in [3.63, 3.8) is 0 Å². The summed E-state index contributed by atoms with van der Waals surface area (Å²) in [5.41, 5.74) is 2.67. The Labute approximate surface area is 106 Å². The summed E-state index contributed by atoms with van der Waals surface area (Å²) in [5, 5.41) is 9.62. The molecule has 0 aliphatic carbocycles. The van der Waals surface area contributed by atoms with E-state index in [0.29, 0.717) is 24.3 Å². The van der Waals surface area contributed by atoms with Gasteiger partial charge in [-0.2, -0.15) is 5.26 Å². The maximum Gasteiger partial charge on any atom is 0.251 e. The summed E-state index contributed by atoms with van der Waals surface area (Å²) < 4.78 is 0. The molecule has 0 aliphatic heterocycles. The van der Waals surface area contributed by atoms with Gasteiger partial charge < -0.3 is 4.98 Å². The Morgan fingerprint density at radius 2 is 2.17 bits per heavy atom. The molecule has 92 valence electrons. The number of benzene rings is 1. The third kappa shape index (κ3) is 2.28. The van der Waals surface area contributed by atoms with E-state index in [2.05, 4.69) is 24.9 Å². The van der Waals surface area contributed by atoms with Crippen molar-refractivity contribution in [1.82, 2.24) is 4.98 Å². The number of H-pyrrole nitrogens is 1. The summed E-state index contributed by atoms with van der Waals surface area (Å²) in [6.07, 6.45) is 0.881. The SMILES string of the molecule is CC(C)c1cccc2cc(CCC#N)c(=O)[nH]c12. The van der Waals surface area contributed by atoms with Crippen molar-refractivity contribution in [3.05, 3.63) is 45.7 Å². The Hall–Kier alpha value is -2.08. The fourth-order valence-corrected chi connectivity index (χ4v) is 2.16. The number of aromatic nitrogens is 1. The molecule has 2 rings (SSSR count). The highest BCUT2D eigenvalue weighted by atomic mass is 16.1. The lowest BCUT2D eigenvalue weighted by atomic mass is 9.98. The third-order valence-corrected chi connectivity index (χ3v) is 3.12. The number of fused-ring (bicyclic) bond motifs is 1. The largest absolute Gasteiger partial charge is 0.321 e. The molecule has 1 aromatic carbocycles. The lowest BCUT2D eigenvalue weighted by molar-refractivity contribution is 0.871. The number of aryl methyl sites for hydroxylation is 1. The molecule has 0 saturated carbocycles. The van der Waals surface area contributed by atoms with E-state index in [1.165, 1.54) is 0 Å². The van der Waals surface area contributed by atoms with Gasteiger partial charge in [0.1, 0.15) is 0 Å². The smallest absolute Gasteiger partial charge is 0.251 e. The molecular formula is C15H16N2O. The summed E-state index contributed by atoms with van der Waals surface area (Å²) in [6.45, 7) is 4.22. The minimum absolute atomic E-state index is 0.0779. The maximum absolute atomic E-state index is 11.9. The molecule has 0 aliphatic rings. The van der Waals surface area contributed by atoms with E-state index in [1.54, 1.807) is 0 Å². The van der Waals surface area contributed by atoms with Gasteiger partial charge in [-0.15, -0.1) is 0 Å². The maximum atomic E-state index is 11.9. The lowest BCUT2D eigenvalue weighted by Crippen LogP contribution is -2.13. The van der Waals surface area contributed by atoms with Crippen LogP contribution in [0.25, 0.3) is 10.9 Å². The van der Waals surface area contributed by atoms with Gasteiger partial charge in [-0.3, -0.25) is 4.79 Å². The zero-order chi connectivity index (χ0) is 13.1. The zero-order valence-corrected chi connectivity index (χ0v) is 10.7. The molecule has 1 heterocycles. The normalized spacial score (nSPS) is 10.8. The van der Waals surface area contributed by atoms with Crippen LogP contribution in [-0.4, -0.2) is 4.98 Å². The summed E-state index contributed by atoms with van der Waals surface area (Å²) in [7, 11) is 0. The number of pyridine rings is 1. The molecule has 1 aromatic heterocycles. The molecule has 18 heavy (non-hydrogen) atoms. The molecule has 0 bridgehead atoms. The molecule has 0 unspecified atom stereocenters. The van der Waals surface area contributed by atoms with Crippen LogP contribution in [-0.2, 0) is 6.42 Å². The van der Waals surface area contributed by atoms with Crippen molar-refractivity contribution < 1.29 is 0 Å². The predicted octanol–water partition coefficient (Wildman–Crippen LogP) is 3.11. The predicted molar refractivity (Wildman–Crippen MR) is 72.6 cm³/mol. The Bertz CT molecular complexity index is 662. The Morgan fingerprint density at radius 1 is 1.39 bits per heavy atom. The van der Waals surface area contributed by atoms with Gasteiger partial charge in [-0.05, 0) is 29.4 Å². The first-order valence-electron chi connectivity index (χ1n) is 6.15. The van der Waals surface area contributed by atoms with Crippen LogP contribution in [0.4, 0.5) is 0 Å². The highest BCUT2D eigenvalue weighted by molar-refractivity contribution is 5.82. The van der Waals surface area contributed by atoms with Crippen LogP contribution in [0.3, 0.4) is 0 Å². The second-order valence-electron chi connectivity index (χ2n) is 4.75. The van der Waals surface area contributed by atoms with Gasteiger partial charge in [-0.25, -0.2) is 0 Å². The van der Waals surface area contributed by atoms with Gasteiger partial charge in [0.15, 0.2) is 0 Å². The van der Waals surface area contributed by atoms with Crippen LogP contribution in [0, 0.1) is 11.3 Å². The van der Waals surface area contributed by atoms with Gasteiger partial charge in [0, 0.05) is 12.0 Å². The van der Waals surface area contributed by atoms with Gasteiger partial charge in [-0.1, -0.05) is 32.0 Å². The van der Waals surface area contributed by atoms with Crippen LogP contribution in [0.15, 0.2) is 29.1 Å². The summed E-state index contributed by atoms with van der Waals surface area (Å²) in [6, 6.07) is 10.0. The molecule has 3 nitrogen and oxygen atoms in total. The first kappa shape index (κ1) is 12.4. The average Bonchev–Trinajstić information content (AvgIpc) is 2.35. The van der Waals surface area contributed by atoms with Crippen molar-refractivity contribution in [1.29, 1.82) is 5.26 Å². The Balaban J connectivity index is 2.61. The molecule has 0 spiro atoms. The monoisotopic (exact) mass is 240 g/mol. The molecule has 0 atom stereocenters. The second-order valence-corrected chi connectivity index (χ2v) is 4.75. The standard InChI is InChI=1S/C15H16N2O/c1-10(2)13-7-3-5-11-9-12(6-4-8-16)15(18)17-14(11)13/h3,5,7,9-10H,4,6H2,1-2H3,(H,17,18). The second kappa shape index (κ2) is 5.05. The van der Waals surface area contributed by atoms with Gasteiger partial charge in [0.2, 0.25) is 0 Å². The molecular weight excluding hydrogens is 224 g/mol. The number of hydrogen-bond donors (Lipinski definition) is 1. The first-order valence-corrected chi connectivity index (χ1v) is 6.15. The quantitative estimate of drug-likeness (QED) is 0.896. The number of nitrogens with one attached hydrogen (secondary N) is 1. The van der Waals surface area contributed by atoms with Crippen molar-refractivity contribution in [2.24, 2.45) is 0 Å². The number of aromatic amines is 1. The number of hydrogen-bond acceptors (Lipinski definition) is 2. The topological polar surface area (TPSA) is 56.6 Å². The van der Waals surface area contributed by atoms with Crippen LogP contribution in [0.1, 0.15) is 37.3 Å². The Kier molecular flexibility index (Phi) is 3.47. The molecule has 0 saturated heterocycles. The molecule has 1 N–H and O–H groups in total. The highest BCUT2D eigenvalue weighted by Gasteiger charge is 2.08. The number of rotatable bonds is 3. The van der Waals surface area contributed by atoms with Gasteiger partial charge >= 0.3 is 0 Å². The molecule has 0 fully saturated rings. The third-order valence-electron chi connectivity index (χ3n) is 3.12. The van der Waals surface area contributed by atoms with Gasteiger partial charge in [0.25, 0.3) is 5.56 Å². The summed E-state index contributed by atoms with van der Waals surface area (Å²) >= 11 is 0. The van der Waals surface area contributed by atoms with E-state index < -0.39 is 0 Å². The van der Waals surface area contributed by atoms with Crippen molar-refractivity contribution >= 4 is 10.9 Å². The van der Waals surface area contributed by atoms with E-state index >= 15 is 0 Å². The van der Waals surface area contributed by atoms with Crippen LogP contribution in [0.2, 0.25) is 0 Å². The summed E-state index contributed by atoms with van der Waals surface area (Å²) in [4.78, 5) is 14.9. The minimum Gasteiger partial charge on any atom is -0.321 e. The summed E-state index contributed by atoms with van der Waals surface area (Å²) in [5.74, 6) is 0.370. The van der Waals surface area contributed by atoms with E-state index in [0.717, 1.165) is 16.5 Å². The number of nitrogens with zero attached hydrogens (tertiary/aromatic N) is 1. The van der Waals surface area contributed by atoms with Crippen molar-refractivity contribution in [2.75, 3.05) is 0 Å². The lowest BCUT2D eigenvalue weighted by Gasteiger charge is -2.10. The minimum atomic E-state index is -0.0779. The fourth-order valence-electron chi connectivity index (χ4n) is 2.16. The van der Waals surface area contributed by atoms with E-state index in [4.69, 9.17) is 5.26 Å². The number of para-hydroxylation sites is 1. The Morgan fingerprint density at radius 3 is 2.83 bits per heavy atom. The zero-order valence-electron chi connectivity index (χ0n) is 10.7. The number of nitriles is 1. The van der Waals surface area contributed by atoms with Crippen molar-refractivity contribution in [2.45, 2.75) is 32.6 Å². The van der Waals surface area contributed by atoms with Crippen LogP contribution < -0.4 is 5.56 Å². The van der Waals surface area contributed by atoms with Gasteiger partial charge in [0.05, 0.1) is 11.6 Å².